The molecule has 1 aliphatic carbocycles. The smallest absolute Gasteiger partial charge is 0.224 e. The molecule has 3 unspecified atom stereocenters. The lowest BCUT2D eigenvalue weighted by molar-refractivity contribution is -0.132. The molecule has 2 N–H and O–H groups in total. The summed E-state index contributed by atoms with van der Waals surface area (Å²) in [6.45, 7) is 3.99. The minimum Gasteiger partial charge on any atom is -0.342 e. The van der Waals surface area contributed by atoms with Crippen molar-refractivity contribution in [3.63, 3.8) is 0 Å². The van der Waals surface area contributed by atoms with E-state index < -0.39 is 0 Å². The Hall–Kier alpha value is -1.35. The number of hydrogen-bond donors (Lipinski definition) is 1. The normalized spacial score (nSPS) is 23.6. The van der Waals surface area contributed by atoms with Crippen molar-refractivity contribution in [2.45, 2.75) is 57.5 Å². The van der Waals surface area contributed by atoms with Crippen molar-refractivity contribution in [2.75, 3.05) is 7.05 Å². The van der Waals surface area contributed by atoms with Crippen molar-refractivity contribution in [3.05, 3.63) is 35.4 Å². The van der Waals surface area contributed by atoms with E-state index in [0.717, 1.165) is 6.42 Å². The van der Waals surface area contributed by atoms with Gasteiger partial charge in [-0.15, -0.1) is 0 Å². The SMILES string of the molecule is Cc1ccc(C2CCCC2N(C)C(=O)CC(C)N)cc1. The van der Waals surface area contributed by atoms with Gasteiger partial charge in [-0.05, 0) is 32.3 Å². The van der Waals surface area contributed by atoms with Gasteiger partial charge in [0.05, 0.1) is 0 Å². The van der Waals surface area contributed by atoms with E-state index in [9.17, 15) is 4.79 Å². The van der Waals surface area contributed by atoms with Gasteiger partial charge < -0.3 is 10.6 Å². The zero-order chi connectivity index (χ0) is 14.7. The number of hydrogen-bond acceptors (Lipinski definition) is 2. The van der Waals surface area contributed by atoms with E-state index in [4.69, 9.17) is 5.73 Å². The molecule has 110 valence electrons. The van der Waals surface area contributed by atoms with E-state index in [1.807, 2.05) is 18.9 Å². The Balaban J connectivity index is 2.10. The maximum atomic E-state index is 12.2. The summed E-state index contributed by atoms with van der Waals surface area (Å²) in [7, 11) is 1.93. The number of likely N-dealkylation sites (N-methyl/N-ethyl adjacent to an activating group) is 1. The summed E-state index contributed by atoms with van der Waals surface area (Å²) >= 11 is 0. The van der Waals surface area contributed by atoms with Crippen molar-refractivity contribution in [1.29, 1.82) is 0 Å². The molecule has 0 spiro atoms. The van der Waals surface area contributed by atoms with E-state index in [1.54, 1.807) is 0 Å². The number of nitrogens with two attached hydrogens (primary N) is 1. The van der Waals surface area contributed by atoms with Gasteiger partial charge in [0, 0.05) is 31.5 Å². The van der Waals surface area contributed by atoms with Crippen LogP contribution in [0.15, 0.2) is 24.3 Å². The molecule has 20 heavy (non-hydrogen) atoms. The molecule has 1 fully saturated rings. The predicted octanol–water partition coefficient (Wildman–Crippen LogP) is 2.83. The van der Waals surface area contributed by atoms with Gasteiger partial charge in [0.1, 0.15) is 0 Å². The summed E-state index contributed by atoms with van der Waals surface area (Å²) in [5.41, 5.74) is 8.39. The standard InChI is InChI=1S/C17H26N2O/c1-12-7-9-14(10-8-12)15-5-4-6-16(15)19(3)17(20)11-13(2)18/h7-10,13,15-16H,4-6,11,18H2,1-3H3. The van der Waals surface area contributed by atoms with Gasteiger partial charge >= 0.3 is 0 Å². The highest BCUT2D eigenvalue weighted by atomic mass is 16.2. The molecule has 0 radical (unpaired) electrons. The van der Waals surface area contributed by atoms with Crippen molar-refractivity contribution < 1.29 is 4.79 Å². The largest absolute Gasteiger partial charge is 0.342 e. The Morgan fingerprint density at radius 1 is 1.35 bits per heavy atom. The first kappa shape index (κ1) is 15.0. The molecule has 0 bridgehead atoms. The Labute approximate surface area is 122 Å². The van der Waals surface area contributed by atoms with Crippen LogP contribution < -0.4 is 5.73 Å². The number of carbonyl (C=O) groups is 1. The molecule has 0 aromatic heterocycles. The third-order valence-electron chi connectivity index (χ3n) is 4.37. The lowest BCUT2D eigenvalue weighted by atomic mass is 9.92. The molecular weight excluding hydrogens is 248 g/mol. The summed E-state index contributed by atoms with van der Waals surface area (Å²) in [6.07, 6.45) is 3.90. The van der Waals surface area contributed by atoms with Gasteiger partial charge in [0.25, 0.3) is 0 Å². The van der Waals surface area contributed by atoms with Crippen LogP contribution in [0.2, 0.25) is 0 Å². The summed E-state index contributed by atoms with van der Waals surface area (Å²) < 4.78 is 0. The number of rotatable bonds is 4. The average Bonchev–Trinajstić information content (AvgIpc) is 2.87. The second kappa shape index (κ2) is 6.40. The third kappa shape index (κ3) is 3.40. The molecule has 1 amide bonds. The van der Waals surface area contributed by atoms with Crippen LogP contribution in [0.25, 0.3) is 0 Å². The number of carbonyl (C=O) groups excluding carboxylic acids is 1. The molecule has 0 aliphatic heterocycles. The summed E-state index contributed by atoms with van der Waals surface area (Å²) in [5.74, 6) is 0.640. The molecule has 1 aromatic rings. The monoisotopic (exact) mass is 274 g/mol. The van der Waals surface area contributed by atoms with Crippen LogP contribution in [0.1, 0.15) is 49.7 Å². The molecule has 0 heterocycles. The van der Waals surface area contributed by atoms with Gasteiger partial charge in [-0.25, -0.2) is 0 Å². The molecule has 3 heteroatoms. The number of aryl methyl sites for hydroxylation is 1. The fourth-order valence-electron chi connectivity index (χ4n) is 3.21. The molecule has 0 saturated heterocycles. The van der Waals surface area contributed by atoms with E-state index in [0.29, 0.717) is 18.4 Å². The van der Waals surface area contributed by atoms with Crippen LogP contribution in [-0.4, -0.2) is 29.9 Å². The number of amides is 1. The molecular formula is C17H26N2O. The first-order valence-corrected chi connectivity index (χ1v) is 7.57. The second-order valence-electron chi connectivity index (χ2n) is 6.20. The van der Waals surface area contributed by atoms with Gasteiger partial charge in [0.15, 0.2) is 0 Å². The summed E-state index contributed by atoms with van der Waals surface area (Å²) in [4.78, 5) is 14.1. The first-order chi connectivity index (χ1) is 9.49. The minimum atomic E-state index is -0.0656. The fraction of sp³-hybridized carbons (Fsp3) is 0.588. The van der Waals surface area contributed by atoms with Crippen molar-refractivity contribution in [1.82, 2.24) is 4.90 Å². The average molecular weight is 274 g/mol. The van der Waals surface area contributed by atoms with Crippen molar-refractivity contribution in [2.24, 2.45) is 5.73 Å². The van der Waals surface area contributed by atoms with Gasteiger partial charge in [-0.3, -0.25) is 4.79 Å². The highest BCUT2D eigenvalue weighted by Gasteiger charge is 2.33. The summed E-state index contributed by atoms with van der Waals surface area (Å²) in [6, 6.07) is 9.00. The first-order valence-electron chi connectivity index (χ1n) is 7.57. The lowest BCUT2D eigenvalue weighted by Crippen LogP contribution is -2.40. The highest BCUT2D eigenvalue weighted by Crippen LogP contribution is 2.37. The van der Waals surface area contributed by atoms with Crippen molar-refractivity contribution in [3.8, 4) is 0 Å². The molecule has 1 aromatic carbocycles. The van der Waals surface area contributed by atoms with E-state index >= 15 is 0 Å². The predicted molar refractivity (Wildman–Crippen MR) is 82.6 cm³/mol. The molecule has 3 atom stereocenters. The van der Waals surface area contributed by atoms with Gasteiger partial charge in [0.2, 0.25) is 5.91 Å². The maximum absolute atomic E-state index is 12.2. The quantitative estimate of drug-likeness (QED) is 0.917. The molecule has 1 saturated carbocycles. The van der Waals surface area contributed by atoms with Crippen LogP contribution in [0.3, 0.4) is 0 Å². The van der Waals surface area contributed by atoms with Gasteiger partial charge in [-0.2, -0.15) is 0 Å². The van der Waals surface area contributed by atoms with Crippen LogP contribution in [0, 0.1) is 6.92 Å². The van der Waals surface area contributed by atoms with Crippen molar-refractivity contribution >= 4 is 5.91 Å². The van der Waals surface area contributed by atoms with Crippen LogP contribution in [0.4, 0.5) is 0 Å². The Kier molecular flexibility index (Phi) is 4.81. The minimum absolute atomic E-state index is 0.0656. The maximum Gasteiger partial charge on any atom is 0.224 e. The number of benzene rings is 1. The molecule has 2 rings (SSSR count). The van der Waals surface area contributed by atoms with E-state index in [1.165, 1.54) is 24.0 Å². The Morgan fingerprint density at radius 3 is 2.60 bits per heavy atom. The third-order valence-corrected chi connectivity index (χ3v) is 4.37. The van der Waals surface area contributed by atoms with Gasteiger partial charge in [-0.1, -0.05) is 36.2 Å². The van der Waals surface area contributed by atoms with Crippen LogP contribution >= 0.6 is 0 Å². The Morgan fingerprint density at radius 2 is 2.00 bits per heavy atom. The number of nitrogens with zero attached hydrogens (tertiary/aromatic N) is 1. The zero-order valence-electron chi connectivity index (χ0n) is 12.8. The molecule has 1 aliphatic rings. The fourth-order valence-corrected chi connectivity index (χ4v) is 3.21. The van der Waals surface area contributed by atoms with Crippen LogP contribution in [0.5, 0.6) is 0 Å². The summed E-state index contributed by atoms with van der Waals surface area (Å²) in [5, 5.41) is 0. The zero-order valence-corrected chi connectivity index (χ0v) is 12.8. The van der Waals surface area contributed by atoms with Crippen LogP contribution in [-0.2, 0) is 4.79 Å². The molecule has 3 nitrogen and oxygen atoms in total. The van der Waals surface area contributed by atoms with E-state index in [-0.39, 0.29) is 11.9 Å². The highest BCUT2D eigenvalue weighted by molar-refractivity contribution is 5.77. The Bertz CT molecular complexity index is 453. The second-order valence-corrected chi connectivity index (χ2v) is 6.20. The topological polar surface area (TPSA) is 46.3 Å². The lowest BCUT2D eigenvalue weighted by Gasteiger charge is -2.30. The van der Waals surface area contributed by atoms with E-state index in [2.05, 4.69) is 31.2 Å².